The minimum absolute atomic E-state index is 0.0520. The lowest BCUT2D eigenvalue weighted by Gasteiger charge is -2.06. The van der Waals surface area contributed by atoms with E-state index in [-0.39, 0.29) is 6.42 Å². The summed E-state index contributed by atoms with van der Waals surface area (Å²) in [6.45, 7) is 4.04. The summed E-state index contributed by atoms with van der Waals surface area (Å²) < 4.78 is 1.66. The number of rotatable bonds is 3. The van der Waals surface area contributed by atoms with Crippen LogP contribution in [0.3, 0.4) is 0 Å². The zero-order valence-corrected chi connectivity index (χ0v) is 10.8. The molecule has 1 aromatic heterocycles. The second-order valence-electron chi connectivity index (χ2n) is 4.55. The number of hydrogen-bond acceptors (Lipinski definition) is 2. The Morgan fingerprint density at radius 2 is 2.06 bits per heavy atom. The van der Waals surface area contributed by atoms with Crippen LogP contribution < -0.4 is 0 Å². The van der Waals surface area contributed by atoms with Crippen molar-refractivity contribution in [1.82, 2.24) is 9.78 Å². The molecule has 0 saturated heterocycles. The molecule has 0 unspecified atom stereocenters. The van der Waals surface area contributed by atoms with Crippen molar-refractivity contribution in [2.45, 2.75) is 20.3 Å². The van der Waals surface area contributed by atoms with E-state index in [4.69, 9.17) is 5.11 Å². The van der Waals surface area contributed by atoms with Crippen molar-refractivity contribution in [3.63, 3.8) is 0 Å². The molecule has 0 atom stereocenters. The topological polar surface area (TPSA) is 55.1 Å². The summed E-state index contributed by atoms with van der Waals surface area (Å²) in [6, 6.07) is 6.16. The van der Waals surface area contributed by atoms with Gasteiger partial charge in [0.2, 0.25) is 0 Å². The molecule has 0 aliphatic heterocycles. The molecule has 4 heteroatoms. The largest absolute Gasteiger partial charge is 0.481 e. The molecule has 2 rings (SSSR count). The van der Waals surface area contributed by atoms with Crippen molar-refractivity contribution in [1.29, 1.82) is 0 Å². The standard InChI is InChI=1S/C14H16N2O2/c1-9-4-5-10(2)11(6-9)12-8-16(3)15-13(12)7-14(17)18/h4-6,8H,7H2,1-3H3,(H,17,18). The SMILES string of the molecule is Cc1ccc(C)c(-c2cn(C)nc2CC(=O)O)c1. The van der Waals surface area contributed by atoms with Crippen LogP contribution in [0.5, 0.6) is 0 Å². The van der Waals surface area contributed by atoms with E-state index in [2.05, 4.69) is 11.2 Å². The van der Waals surface area contributed by atoms with Crippen molar-refractivity contribution in [2.24, 2.45) is 7.05 Å². The summed E-state index contributed by atoms with van der Waals surface area (Å²) in [6.07, 6.45) is 1.82. The van der Waals surface area contributed by atoms with E-state index < -0.39 is 5.97 Å². The van der Waals surface area contributed by atoms with Gasteiger partial charge in [0.25, 0.3) is 0 Å². The number of nitrogens with zero attached hydrogens (tertiary/aromatic N) is 2. The van der Waals surface area contributed by atoms with E-state index >= 15 is 0 Å². The Morgan fingerprint density at radius 3 is 2.72 bits per heavy atom. The van der Waals surface area contributed by atoms with Gasteiger partial charge in [0.05, 0.1) is 12.1 Å². The lowest BCUT2D eigenvalue weighted by atomic mass is 9.98. The summed E-state index contributed by atoms with van der Waals surface area (Å²) in [7, 11) is 1.81. The molecule has 1 N–H and O–H groups in total. The van der Waals surface area contributed by atoms with Gasteiger partial charge in [-0.15, -0.1) is 0 Å². The lowest BCUT2D eigenvalue weighted by molar-refractivity contribution is -0.136. The number of aliphatic carboxylic acids is 1. The highest BCUT2D eigenvalue weighted by molar-refractivity contribution is 5.76. The van der Waals surface area contributed by atoms with Crippen LogP contribution in [-0.4, -0.2) is 20.9 Å². The molecule has 0 amide bonds. The summed E-state index contributed by atoms with van der Waals surface area (Å²) in [5.41, 5.74) is 4.85. The van der Waals surface area contributed by atoms with Crippen LogP contribution in [0.1, 0.15) is 16.8 Å². The minimum Gasteiger partial charge on any atom is -0.481 e. The summed E-state index contributed by atoms with van der Waals surface area (Å²) in [5, 5.41) is 13.2. The van der Waals surface area contributed by atoms with Crippen LogP contribution in [0, 0.1) is 13.8 Å². The van der Waals surface area contributed by atoms with Crippen LogP contribution >= 0.6 is 0 Å². The zero-order chi connectivity index (χ0) is 13.3. The summed E-state index contributed by atoms with van der Waals surface area (Å²) >= 11 is 0. The van der Waals surface area contributed by atoms with Crippen LogP contribution in [-0.2, 0) is 18.3 Å². The van der Waals surface area contributed by atoms with Crippen molar-refractivity contribution in [2.75, 3.05) is 0 Å². The van der Waals surface area contributed by atoms with Crippen LogP contribution in [0.15, 0.2) is 24.4 Å². The molecule has 0 saturated carbocycles. The predicted octanol–water partition coefficient (Wildman–Crippen LogP) is 2.33. The van der Waals surface area contributed by atoms with Crippen molar-refractivity contribution < 1.29 is 9.90 Å². The highest BCUT2D eigenvalue weighted by Crippen LogP contribution is 2.27. The first-order valence-corrected chi connectivity index (χ1v) is 5.79. The average Bonchev–Trinajstić information content (AvgIpc) is 2.62. The monoisotopic (exact) mass is 244 g/mol. The fourth-order valence-electron chi connectivity index (χ4n) is 2.06. The fraction of sp³-hybridized carbons (Fsp3) is 0.286. The van der Waals surface area contributed by atoms with Gasteiger partial charge in [-0.05, 0) is 25.0 Å². The van der Waals surface area contributed by atoms with E-state index in [0.717, 1.165) is 22.3 Å². The van der Waals surface area contributed by atoms with Gasteiger partial charge in [-0.3, -0.25) is 9.48 Å². The quantitative estimate of drug-likeness (QED) is 0.901. The van der Waals surface area contributed by atoms with E-state index in [1.807, 2.05) is 32.2 Å². The maximum atomic E-state index is 10.9. The van der Waals surface area contributed by atoms with Crippen molar-refractivity contribution in [3.8, 4) is 11.1 Å². The summed E-state index contributed by atoms with van der Waals surface area (Å²) in [4.78, 5) is 10.9. The number of carbonyl (C=O) groups is 1. The zero-order valence-electron chi connectivity index (χ0n) is 10.8. The van der Waals surface area contributed by atoms with Crippen LogP contribution in [0.4, 0.5) is 0 Å². The van der Waals surface area contributed by atoms with Gasteiger partial charge in [0, 0.05) is 18.8 Å². The molecule has 0 spiro atoms. The maximum Gasteiger partial charge on any atom is 0.309 e. The molecule has 0 radical (unpaired) electrons. The Balaban J connectivity index is 2.55. The van der Waals surface area contributed by atoms with Crippen molar-refractivity contribution >= 4 is 5.97 Å². The van der Waals surface area contributed by atoms with Gasteiger partial charge in [0.15, 0.2) is 0 Å². The number of aromatic nitrogens is 2. The van der Waals surface area contributed by atoms with Crippen molar-refractivity contribution in [3.05, 3.63) is 41.2 Å². The average molecular weight is 244 g/mol. The first-order chi connectivity index (χ1) is 8.47. The molecule has 0 aliphatic rings. The second-order valence-corrected chi connectivity index (χ2v) is 4.55. The van der Waals surface area contributed by atoms with Gasteiger partial charge in [-0.1, -0.05) is 23.8 Å². The fourth-order valence-corrected chi connectivity index (χ4v) is 2.06. The molecular formula is C14H16N2O2. The molecule has 1 aromatic carbocycles. The smallest absolute Gasteiger partial charge is 0.309 e. The molecule has 94 valence electrons. The lowest BCUT2D eigenvalue weighted by Crippen LogP contribution is -2.03. The minimum atomic E-state index is -0.861. The first kappa shape index (κ1) is 12.4. The third-order valence-electron chi connectivity index (χ3n) is 2.91. The molecule has 0 aliphatic carbocycles. The molecule has 0 fully saturated rings. The van der Waals surface area contributed by atoms with Gasteiger partial charge < -0.3 is 5.11 Å². The van der Waals surface area contributed by atoms with Crippen LogP contribution in [0.2, 0.25) is 0 Å². The Hall–Kier alpha value is -2.10. The molecule has 4 nitrogen and oxygen atoms in total. The maximum absolute atomic E-state index is 10.9. The normalized spacial score (nSPS) is 10.6. The number of carboxylic acids is 1. The van der Waals surface area contributed by atoms with E-state index in [1.165, 1.54) is 0 Å². The predicted molar refractivity (Wildman–Crippen MR) is 69.5 cm³/mol. The van der Waals surface area contributed by atoms with Gasteiger partial charge >= 0.3 is 5.97 Å². The Morgan fingerprint density at radius 1 is 1.33 bits per heavy atom. The number of hydrogen-bond donors (Lipinski definition) is 1. The Labute approximate surface area is 106 Å². The second kappa shape index (κ2) is 4.64. The van der Waals surface area contributed by atoms with Gasteiger partial charge in [0.1, 0.15) is 0 Å². The Bertz CT molecular complexity index is 600. The molecule has 18 heavy (non-hydrogen) atoms. The van der Waals surface area contributed by atoms with E-state index in [0.29, 0.717) is 5.69 Å². The third-order valence-corrected chi connectivity index (χ3v) is 2.91. The number of aryl methyl sites for hydroxylation is 3. The highest BCUT2D eigenvalue weighted by atomic mass is 16.4. The Kier molecular flexibility index (Phi) is 3.19. The molecule has 1 heterocycles. The summed E-state index contributed by atoms with van der Waals surface area (Å²) in [5.74, 6) is -0.861. The molecular weight excluding hydrogens is 228 g/mol. The highest BCUT2D eigenvalue weighted by Gasteiger charge is 2.14. The molecule has 0 bridgehead atoms. The number of benzene rings is 1. The molecule has 2 aromatic rings. The first-order valence-electron chi connectivity index (χ1n) is 5.79. The van der Waals surface area contributed by atoms with Crippen LogP contribution in [0.25, 0.3) is 11.1 Å². The van der Waals surface area contributed by atoms with E-state index in [9.17, 15) is 4.79 Å². The van der Waals surface area contributed by atoms with Gasteiger partial charge in [-0.25, -0.2) is 0 Å². The number of carboxylic acid groups (broad SMARTS) is 1. The van der Waals surface area contributed by atoms with E-state index in [1.54, 1.807) is 11.7 Å². The van der Waals surface area contributed by atoms with Gasteiger partial charge in [-0.2, -0.15) is 5.10 Å². The third kappa shape index (κ3) is 2.42.